The van der Waals surface area contributed by atoms with Gasteiger partial charge in [-0.2, -0.15) is 0 Å². The van der Waals surface area contributed by atoms with Crippen molar-refractivity contribution in [1.82, 2.24) is 0 Å². The molecule has 2 aromatic rings. The first-order chi connectivity index (χ1) is 6.59. The molecule has 88 valence electrons. The van der Waals surface area contributed by atoms with Gasteiger partial charge in [-0.1, -0.05) is 36.4 Å². The molecule has 2 N–H and O–H groups in total. The Morgan fingerprint density at radius 3 is 2.06 bits per heavy atom. The first kappa shape index (κ1) is 15.2. The maximum atomic E-state index is 11.2. The lowest BCUT2D eigenvalue weighted by molar-refractivity contribution is 0.598. The van der Waals surface area contributed by atoms with Crippen LogP contribution < -0.4 is 5.14 Å². The summed E-state index contributed by atoms with van der Waals surface area (Å²) in [6.07, 6.45) is 0. The Kier molecular flexibility index (Phi) is 5.22. The summed E-state index contributed by atoms with van der Waals surface area (Å²) in [5.74, 6) is 0. The van der Waals surface area contributed by atoms with Gasteiger partial charge < -0.3 is 0 Å². The molecule has 0 unspecified atom stereocenters. The lowest BCUT2D eigenvalue weighted by Gasteiger charge is -2.02. The molecule has 0 amide bonds. The molecule has 0 heterocycles. The highest BCUT2D eigenvalue weighted by molar-refractivity contribution is 7.89. The van der Waals surface area contributed by atoms with Crippen LogP contribution in [0.5, 0.6) is 0 Å². The highest BCUT2D eigenvalue weighted by Gasteiger charge is 2.10. The second-order valence-electron chi connectivity index (χ2n) is 3.02. The van der Waals surface area contributed by atoms with Gasteiger partial charge in [-0.25, -0.2) is 13.6 Å². The molecule has 0 spiro atoms. The van der Waals surface area contributed by atoms with Crippen molar-refractivity contribution in [3.63, 3.8) is 0 Å². The summed E-state index contributed by atoms with van der Waals surface area (Å²) in [6.45, 7) is 0. The van der Waals surface area contributed by atoms with Gasteiger partial charge in [0.2, 0.25) is 10.0 Å². The van der Waals surface area contributed by atoms with Crippen LogP contribution in [0, 0.1) is 0 Å². The van der Waals surface area contributed by atoms with Crippen molar-refractivity contribution >= 4 is 45.6 Å². The SMILES string of the molecule is Cl.Cl.NS(=O)(=O)c1cccc2ccccc12. The van der Waals surface area contributed by atoms with Crippen molar-refractivity contribution in [3.8, 4) is 0 Å². The summed E-state index contributed by atoms with van der Waals surface area (Å²) in [5, 5.41) is 6.63. The molecule has 0 aromatic heterocycles. The van der Waals surface area contributed by atoms with Crippen LogP contribution in [0.1, 0.15) is 0 Å². The van der Waals surface area contributed by atoms with Gasteiger partial charge in [-0.15, -0.1) is 24.8 Å². The molecule has 0 bridgehead atoms. The van der Waals surface area contributed by atoms with Gasteiger partial charge in [0, 0.05) is 5.39 Å². The monoisotopic (exact) mass is 279 g/mol. The maximum Gasteiger partial charge on any atom is 0.238 e. The van der Waals surface area contributed by atoms with Crippen molar-refractivity contribution in [3.05, 3.63) is 42.5 Å². The summed E-state index contributed by atoms with van der Waals surface area (Å²) >= 11 is 0. The van der Waals surface area contributed by atoms with Crippen LogP contribution in [-0.2, 0) is 10.0 Å². The minimum Gasteiger partial charge on any atom is -0.225 e. The minimum atomic E-state index is -3.63. The van der Waals surface area contributed by atoms with E-state index in [2.05, 4.69) is 0 Å². The van der Waals surface area contributed by atoms with E-state index in [1.165, 1.54) is 6.07 Å². The fourth-order valence-electron chi connectivity index (χ4n) is 1.44. The first-order valence-corrected chi connectivity index (χ1v) is 5.64. The number of sulfonamides is 1. The second kappa shape index (κ2) is 5.50. The van der Waals surface area contributed by atoms with Gasteiger partial charge in [0.15, 0.2) is 0 Å². The Balaban J connectivity index is 0.00000112. The van der Waals surface area contributed by atoms with Gasteiger partial charge in [0.25, 0.3) is 0 Å². The fourth-order valence-corrected chi connectivity index (χ4v) is 2.20. The van der Waals surface area contributed by atoms with E-state index in [-0.39, 0.29) is 29.7 Å². The van der Waals surface area contributed by atoms with Crippen molar-refractivity contribution < 1.29 is 8.42 Å². The Hall–Kier alpha value is -0.810. The third-order valence-corrected chi connectivity index (χ3v) is 3.03. The van der Waals surface area contributed by atoms with Crippen molar-refractivity contribution in [2.45, 2.75) is 4.90 Å². The van der Waals surface area contributed by atoms with Crippen LogP contribution in [0.2, 0.25) is 0 Å². The van der Waals surface area contributed by atoms with Crippen LogP contribution in [-0.4, -0.2) is 8.42 Å². The van der Waals surface area contributed by atoms with E-state index in [4.69, 9.17) is 5.14 Å². The molecular weight excluding hydrogens is 269 g/mol. The number of halogens is 2. The number of benzene rings is 2. The lowest BCUT2D eigenvalue weighted by Crippen LogP contribution is -2.12. The molecule has 3 nitrogen and oxygen atoms in total. The zero-order valence-corrected chi connectivity index (χ0v) is 10.6. The van der Waals surface area contributed by atoms with Gasteiger partial charge in [-0.3, -0.25) is 0 Å². The molecule has 0 fully saturated rings. The third-order valence-electron chi connectivity index (χ3n) is 2.06. The average Bonchev–Trinajstić information content (AvgIpc) is 2.15. The average molecular weight is 280 g/mol. The molecule has 2 rings (SSSR count). The largest absolute Gasteiger partial charge is 0.238 e. The molecule has 0 atom stereocenters. The Bertz CT molecular complexity index is 579. The predicted octanol–water partition coefficient (Wildman–Crippen LogP) is 2.33. The van der Waals surface area contributed by atoms with E-state index in [0.29, 0.717) is 5.39 Å². The highest BCUT2D eigenvalue weighted by Crippen LogP contribution is 2.21. The zero-order valence-electron chi connectivity index (χ0n) is 8.16. The summed E-state index contributed by atoms with van der Waals surface area (Å²) in [5.41, 5.74) is 0. The normalized spacial score (nSPS) is 10.3. The Morgan fingerprint density at radius 2 is 1.44 bits per heavy atom. The van der Waals surface area contributed by atoms with Crippen molar-refractivity contribution in [2.24, 2.45) is 5.14 Å². The van der Waals surface area contributed by atoms with Gasteiger partial charge in [-0.05, 0) is 11.5 Å². The Morgan fingerprint density at radius 1 is 0.875 bits per heavy atom. The van der Waals surface area contributed by atoms with Gasteiger partial charge in [0.05, 0.1) is 4.90 Å². The number of nitrogens with two attached hydrogens (primary N) is 1. The maximum absolute atomic E-state index is 11.2. The summed E-state index contributed by atoms with van der Waals surface area (Å²) in [7, 11) is -3.63. The van der Waals surface area contributed by atoms with E-state index >= 15 is 0 Å². The fraction of sp³-hybridized carbons (Fsp3) is 0. The summed E-state index contributed by atoms with van der Waals surface area (Å²) in [4.78, 5) is 0.176. The number of hydrogen-bond acceptors (Lipinski definition) is 2. The number of hydrogen-bond donors (Lipinski definition) is 1. The third kappa shape index (κ3) is 2.86. The van der Waals surface area contributed by atoms with E-state index in [1.807, 2.05) is 18.2 Å². The molecule has 0 saturated carbocycles. The van der Waals surface area contributed by atoms with Gasteiger partial charge in [0.1, 0.15) is 0 Å². The molecule has 0 aliphatic carbocycles. The second-order valence-corrected chi connectivity index (χ2v) is 4.55. The molecule has 0 radical (unpaired) electrons. The van der Waals surface area contributed by atoms with Crippen LogP contribution in [0.15, 0.2) is 47.4 Å². The quantitative estimate of drug-likeness (QED) is 0.871. The summed E-state index contributed by atoms with van der Waals surface area (Å²) < 4.78 is 22.4. The molecule has 6 heteroatoms. The van der Waals surface area contributed by atoms with Crippen LogP contribution >= 0.6 is 24.8 Å². The number of rotatable bonds is 1. The van der Waals surface area contributed by atoms with Crippen molar-refractivity contribution in [1.29, 1.82) is 0 Å². The predicted molar refractivity (Wildman–Crippen MR) is 69.8 cm³/mol. The summed E-state index contributed by atoms with van der Waals surface area (Å²) in [6, 6.07) is 12.3. The van der Waals surface area contributed by atoms with Crippen molar-refractivity contribution in [2.75, 3.05) is 0 Å². The van der Waals surface area contributed by atoms with E-state index in [0.717, 1.165) is 5.39 Å². The topological polar surface area (TPSA) is 60.2 Å². The smallest absolute Gasteiger partial charge is 0.225 e. The molecular formula is C10H11Cl2NO2S. The standard InChI is InChI=1S/C10H9NO2S.2ClH/c11-14(12,13)10-7-3-5-8-4-1-2-6-9(8)10;;/h1-7H,(H2,11,12,13);2*1H. The molecule has 0 aliphatic rings. The highest BCUT2D eigenvalue weighted by atomic mass is 35.5. The molecule has 2 aromatic carbocycles. The van der Waals surface area contributed by atoms with Crippen LogP contribution in [0.3, 0.4) is 0 Å². The van der Waals surface area contributed by atoms with E-state index in [9.17, 15) is 8.42 Å². The van der Waals surface area contributed by atoms with Crippen LogP contribution in [0.4, 0.5) is 0 Å². The molecule has 0 aliphatic heterocycles. The Labute approximate surface area is 107 Å². The number of primary sulfonamides is 1. The lowest BCUT2D eigenvalue weighted by atomic mass is 10.1. The van der Waals surface area contributed by atoms with Gasteiger partial charge >= 0.3 is 0 Å². The molecule has 16 heavy (non-hydrogen) atoms. The van der Waals surface area contributed by atoms with E-state index < -0.39 is 10.0 Å². The minimum absolute atomic E-state index is 0. The van der Waals surface area contributed by atoms with Crippen LogP contribution in [0.25, 0.3) is 10.8 Å². The zero-order chi connectivity index (χ0) is 10.2. The van der Waals surface area contributed by atoms with E-state index in [1.54, 1.807) is 18.2 Å². The number of fused-ring (bicyclic) bond motifs is 1. The molecule has 0 saturated heterocycles. The first-order valence-electron chi connectivity index (χ1n) is 4.09.